The van der Waals surface area contributed by atoms with Crippen molar-refractivity contribution in [2.75, 3.05) is 14.2 Å². The van der Waals surface area contributed by atoms with Crippen molar-refractivity contribution in [2.24, 2.45) is 0 Å². The molecule has 2 aromatic rings. The van der Waals surface area contributed by atoms with Crippen LogP contribution in [0.2, 0.25) is 0 Å². The molecular weight excluding hydrogens is 262 g/mol. The molecule has 0 saturated carbocycles. The summed E-state index contributed by atoms with van der Waals surface area (Å²) in [6.07, 6.45) is 0. The van der Waals surface area contributed by atoms with Crippen molar-refractivity contribution < 1.29 is 9.15 Å². The van der Waals surface area contributed by atoms with Crippen molar-refractivity contribution in [3.05, 3.63) is 51.5 Å². The second-order valence-electron chi connectivity index (χ2n) is 5.66. The Hall–Kier alpha value is -1.74. The van der Waals surface area contributed by atoms with Gasteiger partial charge < -0.3 is 14.5 Å². The molecule has 3 heteroatoms. The Kier molecular flexibility index (Phi) is 4.43. The van der Waals surface area contributed by atoms with Gasteiger partial charge in [-0.25, -0.2) is 0 Å². The van der Waals surface area contributed by atoms with E-state index in [1.54, 1.807) is 7.11 Å². The van der Waals surface area contributed by atoms with E-state index in [9.17, 15) is 0 Å². The average Bonchev–Trinajstić information content (AvgIpc) is 2.66. The molecule has 21 heavy (non-hydrogen) atoms. The number of aryl methyl sites for hydroxylation is 4. The fourth-order valence-electron chi connectivity index (χ4n) is 3.18. The maximum Gasteiger partial charge on any atom is 0.124 e. The van der Waals surface area contributed by atoms with E-state index >= 15 is 0 Å². The quantitative estimate of drug-likeness (QED) is 0.917. The van der Waals surface area contributed by atoms with Crippen molar-refractivity contribution in [2.45, 2.75) is 40.7 Å². The number of rotatable bonds is 4. The molecule has 1 heterocycles. The minimum Gasteiger partial charge on any atom is -0.496 e. The number of methoxy groups -OCH3 is 1. The molecule has 0 spiro atoms. The van der Waals surface area contributed by atoms with Gasteiger partial charge in [0.25, 0.3) is 0 Å². The molecule has 0 amide bonds. The summed E-state index contributed by atoms with van der Waals surface area (Å²) in [7, 11) is 3.71. The molecule has 0 aliphatic heterocycles. The highest BCUT2D eigenvalue weighted by Gasteiger charge is 2.22. The molecule has 114 valence electrons. The van der Waals surface area contributed by atoms with Gasteiger partial charge in [-0.1, -0.05) is 12.1 Å². The van der Waals surface area contributed by atoms with E-state index in [4.69, 9.17) is 9.15 Å². The summed E-state index contributed by atoms with van der Waals surface area (Å²) in [5.41, 5.74) is 6.00. The SMILES string of the molecule is CNC(c1cc(C)c(OC)c(C)c1)c1c(C)oc(C)c1C. The second-order valence-corrected chi connectivity index (χ2v) is 5.66. The third-order valence-corrected chi connectivity index (χ3v) is 4.22. The highest BCUT2D eigenvalue weighted by molar-refractivity contribution is 5.48. The monoisotopic (exact) mass is 287 g/mol. The molecule has 3 nitrogen and oxygen atoms in total. The lowest BCUT2D eigenvalue weighted by Gasteiger charge is -2.20. The van der Waals surface area contributed by atoms with Gasteiger partial charge in [-0.3, -0.25) is 0 Å². The molecule has 0 saturated heterocycles. The normalized spacial score (nSPS) is 12.5. The van der Waals surface area contributed by atoms with Crippen LogP contribution < -0.4 is 10.1 Å². The van der Waals surface area contributed by atoms with Crippen molar-refractivity contribution >= 4 is 0 Å². The van der Waals surface area contributed by atoms with Crippen molar-refractivity contribution in [3.8, 4) is 5.75 Å². The summed E-state index contributed by atoms with van der Waals surface area (Å²) in [6.45, 7) is 10.3. The fraction of sp³-hybridized carbons (Fsp3) is 0.444. The highest BCUT2D eigenvalue weighted by Crippen LogP contribution is 2.34. The lowest BCUT2D eigenvalue weighted by molar-refractivity contribution is 0.408. The Morgan fingerprint density at radius 2 is 1.57 bits per heavy atom. The maximum atomic E-state index is 5.79. The van der Waals surface area contributed by atoms with E-state index in [0.717, 1.165) is 28.4 Å². The number of hydrogen-bond acceptors (Lipinski definition) is 3. The van der Waals surface area contributed by atoms with Crippen LogP contribution >= 0.6 is 0 Å². The molecule has 1 N–H and O–H groups in total. The van der Waals surface area contributed by atoms with Crippen LogP contribution in [0.5, 0.6) is 5.75 Å². The molecular formula is C18H25NO2. The lowest BCUT2D eigenvalue weighted by Crippen LogP contribution is -2.19. The first-order chi connectivity index (χ1) is 9.90. The molecule has 1 aromatic carbocycles. The third kappa shape index (κ3) is 2.70. The Morgan fingerprint density at radius 3 is 1.95 bits per heavy atom. The molecule has 0 fully saturated rings. The van der Waals surface area contributed by atoms with E-state index in [2.05, 4.69) is 38.2 Å². The zero-order valence-corrected chi connectivity index (χ0v) is 14.0. The zero-order valence-electron chi connectivity index (χ0n) is 14.0. The fourth-order valence-corrected chi connectivity index (χ4v) is 3.18. The summed E-state index contributed by atoms with van der Waals surface area (Å²) in [4.78, 5) is 0. The standard InChI is InChI=1S/C18H25NO2/c1-10-8-15(9-11(2)18(10)20-7)17(19-6)16-12(3)13(4)21-14(16)5/h8-9,17,19H,1-7H3. The summed E-state index contributed by atoms with van der Waals surface area (Å²) in [5, 5.41) is 3.42. The van der Waals surface area contributed by atoms with Gasteiger partial charge in [0.05, 0.1) is 13.2 Å². The van der Waals surface area contributed by atoms with Gasteiger partial charge in [-0.2, -0.15) is 0 Å². The van der Waals surface area contributed by atoms with E-state index < -0.39 is 0 Å². The van der Waals surface area contributed by atoms with Crippen LogP contribution in [-0.2, 0) is 0 Å². The van der Waals surface area contributed by atoms with Gasteiger partial charge >= 0.3 is 0 Å². The first-order valence-corrected chi connectivity index (χ1v) is 7.29. The first kappa shape index (κ1) is 15.6. The van der Waals surface area contributed by atoms with Crippen LogP contribution in [0.1, 0.15) is 45.4 Å². The molecule has 0 aliphatic rings. The largest absolute Gasteiger partial charge is 0.496 e. The molecule has 1 atom stereocenters. The number of hydrogen-bond donors (Lipinski definition) is 1. The first-order valence-electron chi connectivity index (χ1n) is 7.29. The van der Waals surface area contributed by atoms with Crippen LogP contribution in [0.3, 0.4) is 0 Å². The predicted octanol–water partition coefficient (Wildman–Crippen LogP) is 4.14. The lowest BCUT2D eigenvalue weighted by atomic mass is 9.93. The van der Waals surface area contributed by atoms with Crippen molar-refractivity contribution in [1.82, 2.24) is 5.32 Å². The van der Waals surface area contributed by atoms with Crippen molar-refractivity contribution in [1.29, 1.82) is 0 Å². The van der Waals surface area contributed by atoms with Crippen LogP contribution in [0.15, 0.2) is 16.5 Å². The highest BCUT2D eigenvalue weighted by atomic mass is 16.5. The van der Waals surface area contributed by atoms with E-state index in [1.807, 2.05) is 20.9 Å². The van der Waals surface area contributed by atoms with Crippen molar-refractivity contribution in [3.63, 3.8) is 0 Å². The number of benzene rings is 1. The topological polar surface area (TPSA) is 34.4 Å². The van der Waals surface area contributed by atoms with E-state index in [-0.39, 0.29) is 6.04 Å². The molecule has 1 unspecified atom stereocenters. The Morgan fingerprint density at radius 1 is 1.00 bits per heavy atom. The smallest absolute Gasteiger partial charge is 0.124 e. The zero-order chi connectivity index (χ0) is 15.7. The van der Waals surface area contributed by atoms with Gasteiger partial charge in [0.15, 0.2) is 0 Å². The minimum absolute atomic E-state index is 0.130. The third-order valence-electron chi connectivity index (χ3n) is 4.22. The number of nitrogens with one attached hydrogen (secondary N) is 1. The Labute approximate surface area is 127 Å². The molecule has 0 radical (unpaired) electrons. The number of furan rings is 1. The summed E-state index contributed by atoms with van der Waals surface area (Å²) >= 11 is 0. The molecule has 2 rings (SSSR count). The molecule has 0 aliphatic carbocycles. The Bertz CT molecular complexity index is 632. The Balaban J connectivity index is 2.57. The molecule has 0 bridgehead atoms. The van der Waals surface area contributed by atoms with Gasteiger partial charge in [0, 0.05) is 5.56 Å². The van der Waals surface area contributed by atoms with Gasteiger partial charge in [-0.15, -0.1) is 0 Å². The summed E-state index contributed by atoms with van der Waals surface area (Å²) in [6, 6.07) is 4.51. The van der Waals surface area contributed by atoms with Gasteiger partial charge in [-0.05, 0) is 63.9 Å². The van der Waals surface area contributed by atoms with Crippen LogP contribution in [0, 0.1) is 34.6 Å². The van der Waals surface area contributed by atoms with Gasteiger partial charge in [0.2, 0.25) is 0 Å². The average molecular weight is 287 g/mol. The number of ether oxygens (including phenoxy) is 1. The van der Waals surface area contributed by atoms with Crippen LogP contribution in [0.4, 0.5) is 0 Å². The predicted molar refractivity (Wildman–Crippen MR) is 86.3 cm³/mol. The van der Waals surface area contributed by atoms with E-state index in [1.165, 1.54) is 16.7 Å². The second kappa shape index (κ2) is 5.94. The minimum atomic E-state index is 0.130. The molecule has 1 aromatic heterocycles. The van der Waals surface area contributed by atoms with E-state index in [0.29, 0.717) is 0 Å². The maximum absolute atomic E-state index is 5.79. The van der Waals surface area contributed by atoms with Gasteiger partial charge in [0.1, 0.15) is 17.3 Å². The van der Waals surface area contributed by atoms with Crippen LogP contribution in [0.25, 0.3) is 0 Å². The summed E-state index contributed by atoms with van der Waals surface area (Å²) in [5.74, 6) is 2.94. The van der Waals surface area contributed by atoms with Crippen LogP contribution in [-0.4, -0.2) is 14.2 Å². The summed E-state index contributed by atoms with van der Waals surface area (Å²) < 4.78 is 11.3.